The predicted octanol–water partition coefficient (Wildman–Crippen LogP) is 3.81. The molecule has 2 aliphatic rings. The van der Waals surface area contributed by atoms with Crippen molar-refractivity contribution in [3.63, 3.8) is 0 Å². The highest BCUT2D eigenvalue weighted by molar-refractivity contribution is 8.18. The number of carbonyl (C=O) groups is 4. The first-order chi connectivity index (χ1) is 17.4. The van der Waals surface area contributed by atoms with Gasteiger partial charge in [0.05, 0.1) is 36.4 Å². The molecule has 0 N–H and O–H groups in total. The zero-order valence-electron chi connectivity index (χ0n) is 19.9. The molecular formula is C26H25N3O6S. The van der Waals surface area contributed by atoms with Crippen LogP contribution >= 0.6 is 11.8 Å². The van der Waals surface area contributed by atoms with Gasteiger partial charge in [0, 0.05) is 24.7 Å². The number of thioether (sulfide) groups is 1. The summed E-state index contributed by atoms with van der Waals surface area (Å²) >= 11 is 1.07. The number of hydrogen-bond acceptors (Lipinski definition) is 8. The molecule has 186 valence electrons. The van der Waals surface area contributed by atoms with Gasteiger partial charge in [-0.3, -0.25) is 14.5 Å². The third-order valence-electron chi connectivity index (χ3n) is 5.60. The van der Waals surface area contributed by atoms with E-state index in [1.165, 1.54) is 12.0 Å². The molecule has 2 heterocycles. The number of amidine groups is 1. The van der Waals surface area contributed by atoms with Crippen molar-refractivity contribution in [2.24, 2.45) is 4.99 Å². The number of esters is 2. The minimum atomic E-state index is -0.634. The predicted molar refractivity (Wildman–Crippen MR) is 136 cm³/mol. The Hall–Kier alpha value is -3.92. The number of nitrogens with zero attached hydrogens (tertiary/aromatic N) is 3. The molecule has 2 amide bonds. The fourth-order valence-corrected chi connectivity index (χ4v) is 4.74. The van der Waals surface area contributed by atoms with Crippen LogP contribution in [0.4, 0.5) is 11.4 Å². The monoisotopic (exact) mass is 507 g/mol. The van der Waals surface area contributed by atoms with Gasteiger partial charge in [-0.15, -0.1) is 0 Å². The molecule has 10 heteroatoms. The third kappa shape index (κ3) is 5.65. The summed E-state index contributed by atoms with van der Waals surface area (Å²) in [5.74, 6) is -1.32. The number of amides is 2. The van der Waals surface area contributed by atoms with Crippen LogP contribution in [0.3, 0.4) is 0 Å². The first-order valence-corrected chi connectivity index (χ1v) is 12.3. The second kappa shape index (κ2) is 11.2. The van der Waals surface area contributed by atoms with E-state index in [-0.39, 0.29) is 29.9 Å². The molecule has 0 saturated carbocycles. The summed E-state index contributed by atoms with van der Waals surface area (Å²) < 4.78 is 9.68. The van der Waals surface area contributed by atoms with Crippen molar-refractivity contribution in [3.05, 3.63) is 70.6 Å². The Morgan fingerprint density at radius 3 is 2.42 bits per heavy atom. The maximum atomic E-state index is 13.1. The zero-order chi connectivity index (χ0) is 25.7. The molecule has 0 bridgehead atoms. The Balaban J connectivity index is 1.58. The normalized spacial score (nSPS) is 17.8. The molecule has 0 atom stereocenters. The number of ether oxygens (including phenoxy) is 2. The molecule has 2 fully saturated rings. The number of aliphatic imine (C=N–C) groups is 1. The molecule has 2 aliphatic heterocycles. The second-order valence-electron chi connectivity index (χ2n) is 8.00. The molecule has 4 rings (SSSR count). The van der Waals surface area contributed by atoms with Crippen LogP contribution in [0.2, 0.25) is 0 Å². The van der Waals surface area contributed by atoms with Gasteiger partial charge in [-0.2, -0.15) is 0 Å². The minimum Gasteiger partial charge on any atom is -0.466 e. The van der Waals surface area contributed by atoms with Crippen LogP contribution < -0.4 is 4.90 Å². The smallest absolute Gasteiger partial charge is 0.338 e. The quantitative estimate of drug-likeness (QED) is 0.414. The summed E-state index contributed by atoms with van der Waals surface area (Å²) in [4.78, 5) is 56.9. The van der Waals surface area contributed by atoms with Crippen molar-refractivity contribution in [1.29, 1.82) is 0 Å². The molecule has 2 saturated heterocycles. The van der Waals surface area contributed by atoms with Crippen LogP contribution in [0.1, 0.15) is 35.7 Å². The SMILES string of the molecule is CCOC(=O)c1ccc(N=C2S/C(=C/C(=O)OC)C(=O)N2Cc2ccc(N3CCCC3=O)cc2)cc1. The highest BCUT2D eigenvalue weighted by atomic mass is 32.2. The van der Waals surface area contributed by atoms with Crippen LogP contribution in [-0.2, 0) is 30.4 Å². The lowest BCUT2D eigenvalue weighted by Gasteiger charge is -2.18. The molecule has 0 aliphatic carbocycles. The highest BCUT2D eigenvalue weighted by Crippen LogP contribution is 2.34. The van der Waals surface area contributed by atoms with E-state index in [9.17, 15) is 19.2 Å². The molecule has 0 spiro atoms. The number of rotatable bonds is 7. The lowest BCUT2D eigenvalue weighted by molar-refractivity contribution is -0.135. The molecule has 0 aromatic heterocycles. The van der Waals surface area contributed by atoms with Crippen molar-refractivity contribution >= 4 is 52.1 Å². The Labute approximate surface area is 212 Å². The van der Waals surface area contributed by atoms with Crippen molar-refractivity contribution in [3.8, 4) is 0 Å². The Morgan fingerprint density at radius 1 is 1.08 bits per heavy atom. The number of carbonyl (C=O) groups excluding carboxylic acids is 4. The van der Waals surface area contributed by atoms with Crippen LogP contribution in [0.5, 0.6) is 0 Å². The number of hydrogen-bond donors (Lipinski definition) is 0. The lowest BCUT2D eigenvalue weighted by Crippen LogP contribution is -2.28. The van der Waals surface area contributed by atoms with E-state index in [2.05, 4.69) is 9.73 Å². The summed E-state index contributed by atoms with van der Waals surface area (Å²) in [5.41, 5.74) is 2.59. The second-order valence-corrected chi connectivity index (χ2v) is 9.01. The summed E-state index contributed by atoms with van der Waals surface area (Å²) in [5, 5.41) is 0.387. The molecule has 2 aromatic carbocycles. The fraction of sp³-hybridized carbons (Fsp3) is 0.269. The summed E-state index contributed by atoms with van der Waals surface area (Å²) in [7, 11) is 1.24. The first-order valence-electron chi connectivity index (χ1n) is 11.4. The maximum Gasteiger partial charge on any atom is 0.338 e. The van der Waals surface area contributed by atoms with Gasteiger partial charge in [0.25, 0.3) is 5.91 Å². The van der Waals surface area contributed by atoms with E-state index in [1.807, 2.05) is 24.3 Å². The van der Waals surface area contributed by atoms with Gasteiger partial charge in [-0.25, -0.2) is 14.6 Å². The van der Waals surface area contributed by atoms with Crippen LogP contribution in [0.25, 0.3) is 0 Å². The number of benzene rings is 2. The van der Waals surface area contributed by atoms with E-state index in [1.54, 1.807) is 36.1 Å². The average molecular weight is 508 g/mol. The third-order valence-corrected chi connectivity index (χ3v) is 6.61. The van der Waals surface area contributed by atoms with E-state index >= 15 is 0 Å². The van der Waals surface area contributed by atoms with Gasteiger partial charge in [-0.05, 0) is 67.1 Å². The highest BCUT2D eigenvalue weighted by Gasteiger charge is 2.34. The standard InChI is InChI=1S/C26H25N3O6S/c1-3-35-25(33)18-8-10-19(11-9-18)27-26-29(24(32)21(36-26)15-23(31)34-2)16-17-6-12-20(13-7-17)28-14-4-5-22(28)30/h6-13,15H,3-5,14,16H2,1-2H3/b21-15+,27-26?. The van der Waals surface area contributed by atoms with Crippen molar-refractivity contribution in [1.82, 2.24) is 4.90 Å². The molecule has 36 heavy (non-hydrogen) atoms. The van der Waals surface area contributed by atoms with E-state index < -0.39 is 11.9 Å². The van der Waals surface area contributed by atoms with Gasteiger partial charge < -0.3 is 14.4 Å². The summed E-state index contributed by atoms with van der Waals surface area (Å²) in [6.07, 6.45) is 2.54. The number of anilines is 1. The lowest BCUT2D eigenvalue weighted by atomic mass is 10.2. The largest absolute Gasteiger partial charge is 0.466 e. The van der Waals surface area contributed by atoms with Crippen LogP contribution in [-0.4, -0.2) is 54.1 Å². The van der Waals surface area contributed by atoms with Gasteiger partial charge in [-0.1, -0.05) is 12.1 Å². The van der Waals surface area contributed by atoms with Crippen molar-refractivity contribution in [2.75, 3.05) is 25.2 Å². The number of methoxy groups -OCH3 is 1. The van der Waals surface area contributed by atoms with Gasteiger partial charge in [0.1, 0.15) is 0 Å². The van der Waals surface area contributed by atoms with Crippen LogP contribution in [0.15, 0.2) is 64.5 Å². The van der Waals surface area contributed by atoms with E-state index in [0.29, 0.717) is 29.4 Å². The van der Waals surface area contributed by atoms with Crippen LogP contribution in [0, 0.1) is 0 Å². The van der Waals surface area contributed by atoms with Gasteiger partial charge >= 0.3 is 11.9 Å². The molecule has 9 nitrogen and oxygen atoms in total. The maximum absolute atomic E-state index is 13.1. The fourth-order valence-electron chi connectivity index (χ4n) is 3.78. The summed E-state index contributed by atoms with van der Waals surface area (Å²) in [6.45, 7) is 2.94. The molecule has 0 unspecified atom stereocenters. The summed E-state index contributed by atoms with van der Waals surface area (Å²) in [6, 6.07) is 14.0. The van der Waals surface area contributed by atoms with E-state index in [0.717, 1.165) is 35.5 Å². The van der Waals surface area contributed by atoms with Gasteiger partial charge in [0.2, 0.25) is 5.91 Å². The minimum absolute atomic E-state index is 0.106. The Bertz CT molecular complexity index is 1240. The topological polar surface area (TPSA) is 106 Å². The first kappa shape index (κ1) is 25.2. The Kier molecular flexibility index (Phi) is 7.84. The Morgan fingerprint density at radius 2 is 1.81 bits per heavy atom. The van der Waals surface area contributed by atoms with Crippen molar-refractivity contribution in [2.45, 2.75) is 26.3 Å². The molecule has 0 radical (unpaired) electrons. The average Bonchev–Trinajstić information content (AvgIpc) is 3.43. The van der Waals surface area contributed by atoms with E-state index in [4.69, 9.17) is 4.74 Å². The molecule has 2 aromatic rings. The zero-order valence-corrected chi connectivity index (χ0v) is 20.7. The van der Waals surface area contributed by atoms with Crippen molar-refractivity contribution < 1.29 is 28.7 Å². The van der Waals surface area contributed by atoms with Gasteiger partial charge in [0.15, 0.2) is 5.17 Å². The molecular weight excluding hydrogens is 482 g/mol.